The number of alkyl halides is 3. The van der Waals surface area contributed by atoms with Gasteiger partial charge in [0, 0.05) is 16.7 Å². The Morgan fingerprint density at radius 2 is 1.94 bits per heavy atom. The summed E-state index contributed by atoms with van der Waals surface area (Å²) in [5.74, 6) is -1.05. The predicted molar refractivity (Wildman–Crippen MR) is 59.5 cm³/mol. The molecular weight excluding hydrogens is 401 g/mol. The van der Waals surface area contributed by atoms with E-state index >= 15 is 0 Å². The van der Waals surface area contributed by atoms with Gasteiger partial charge in [-0.05, 0) is 22.6 Å². The van der Waals surface area contributed by atoms with Crippen LogP contribution in [0.4, 0.5) is 13.2 Å². The van der Waals surface area contributed by atoms with E-state index in [4.69, 9.17) is 10.7 Å². The Kier molecular flexibility index (Phi) is 3.98. The number of nitrogens with one attached hydrogen (secondary N) is 1. The van der Waals surface area contributed by atoms with Crippen molar-refractivity contribution < 1.29 is 26.3 Å². The van der Waals surface area contributed by atoms with Crippen LogP contribution in [0.25, 0.3) is 0 Å². The summed E-state index contributed by atoms with van der Waals surface area (Å²) in [5, 5.41) is -0.841. The highest BCUT2D eigenvalue weighted by Gasteiger charge is 2.32. The third-order valence-electron chi connectivity index (χ3n) is 1.38. The van der Waals surface area contributed by atoms with Crippen molar-refractivity contribution in [2.45, 2.75) is 11.4 Å². The number of aromatic nitrogens is 1. The molecule has 0 amide bonds. The van der Waals surface area contributed by atoms with E-state index in [1.165, 1.54) is 22.6 Å². The van der Waals surface area contributed by atoms with Crippen molar-refractivity contribution >= 4 is 42.3 Å². The Bertz CT molecular complexity index is 596. The maximum atomic E-state index is 11.9. The molecule has 5 nitrogen and oxygen atoms in total. The lowest BCUT2D eigenvalue weighted by molar-refractivity contribution is -0.276. The molecule has 1 aromatic heterocycles. The summed E-state index contributed by atoms with van der Waals surface area (Å²) >= 11 is 1.34. The predicted octanol–water partition coefficient (Wildman–Crippen LogP) is 1.81. The summed E-state index contributed by atoms with van der Waals surface area (Å²) < 4.78 is 60.6. The van der Waals surface area contributed by atoms with E-state index < -0.39 is 31.7 Å². The number of aromatic amines is 1. The summed E-state index contributed by atoms with van der Waals surface area (Å²) in [6.45, 7) is 0. The minimum absolute atomic E-state index is 0.355. The van der Waals surface area contributed by atoms with Gasteiger partial charge in [-0.25, -0.2) is 8.42 Å². The molecule has 0 aliphatic carbocycles. The first-order valence-electron chi connectivity index (χ1n) is 3.64. The Labute approximate surface area is 110 Å². The number of ether oxygens (including phenoxy) is 1. The number of hydrogen-bond acceptors (Lipinski definition) is 4. The fourth-order valence-corrected chi connectivity index (χ4v) is 3.28. The molecule has 0 atom stereocenters. The van der Waals surface area contributed by atoms with Gasteiger partial charge in [-0.2, -0.15) is 0 Å². The number of halogens is 5. The second-order valence-corrected chi connectivity index (χ2v) is 6.21. The number of hydrogen-bond donors (Lipinski definition) is 1. The van der Waals surface area contributed by atoms with Gasteiger partial charge in [0.25, 0.3) is 9.05 Å². The zero-order valence-corrected chi connectivity index (χ0v) is 11.2. The molecule has 1 rings (SSSR count). The summed E-state index contributed by atoms with van der Waals surface area (Å²) in [7, 11) is 0.567. The maximum Gasteiger partial charge on any atom is 0.574 e. The van der Waals surface area contributed by atoms with Gasteiger partial charge in [0.1, 0.15) is 0 Å². The van der Waals surface area contributed by atoms with Crippen LogP contribution in [-0.2, 0) is 9.05 Å². The Balaban J connectivity index is 3.40. The molecule has 0 aromatic carbocycles. The second-order valence-electron chi connectivity index (χ2n) is 2.63. The summed E-state index contributed by atoms with van der Waals surface area (Å²) in [6, 6.07) is 0.473. The molecule has 0 saturated heterocycles. The van der Waals surface area contributed by atoms with Gasteiger partial charge in [-0.1, -0.05) is 0 Å². The van der Waals surface area contributed by atoms with Crippen LogP contribution in [-0.4, -0.2) is 19.8 Å². The van der Waals surface area contributed by atoms with Gasteiger partial charge in [0.15, 0.2) is 10.5 Å². The number of rotatable bonds is 2. The minimum Gasteiger partial charge on any atom is -0.390 e. The molecule has 0 radical (unpaired) electrons. The lowest BCUT2D eigenvalue weighted by atomic mass is 10.5. The molecule has 0 aliphatic heterocycles. The SMILES string of the molecule is O=c1cc(OC(F)(F)F)[nH]c(S(=O)(=O)Cl)c1I. The van der Waals surface area contributed by atoms with Gasteiger partial charge in [0.05, 0.1) is 3.57 Å². The van der Waals surface area contributed by atoms with Crippen LogP contribution >= 0.6 is 33.3 Å². The van der Waals surface area contributed by atoms with Crippen molar-refractivity contribution in [1.29, 1.82) is 0 Å². The first-order chi connectivity index (χ1) is 7.50. The van der Waals surface area contributed by atoms with Crippen molar-refractivity contribution in [2.75, 3.05) is 0 Å². The topological polar surface area (TPSA) is 76.2 Å². The van der Waals surface area contributed by atoms with Gasteiger partial charge in [-0.15, -0.1) is 13.2 Å². The average molecular weight is 404 g/mol. The monoisotopic (exact) mass is 403 g/mol. The summed E-state index contributed by atoms with van der Waals surface area (Å²) in [6.07, 6.45) is -5.05. The third-order valence-corrected chi connectivity index (χ3v) is 4.08. The zero-order valence-electron chi connectivity index (χ0n) is 7.51. The molecule has 0 bridgehead atoms. The normalized spacial score (nSPS) is 12.5. The van der Waals surface area contributed by atoms with Crippen LogP contribution in [0, 0.1) is 3.57 Å². The molecule has 0 saturated carbocycles. The molecular formula is C6H2ClF3INO4S. The average Bonchev–Trinajstić information content (AvgIpc) is 2.06. The highest BCUT2D eigenvalue weighted by atomic mass is 127. The van der Waals surface area contributed by atoms with Gasteiger partial charge >= 0.3 is 6.36 Å². The molecule has 1 aromatic rings. The number of pyridine rings is 1. The van der Waals surface area contributed by atoms with Crippen molar-refractivity contribution in [3.05, 3.63) is 19.9 Å². The van der Waals surface area contributed by atoms with Gasteiger partial charge in [-0.3, -0.25) is 4.79 Å². The Morgan fingerprint density at radius 1 is 1.41 bits per heavy atom. The first-order valence-corrected chi connectivity index (χ1v) is 7.03. The lowest BCUT2D eigenvalue weighted by Gasteiger charge is -2.09. The fourth-order valence-electron chi connectivity index (χ4n) is 0.845. The highest BCUT2D eigenvalue weighted by molar-refractivity contribution is 14.1. The molecule has 17 heavy (non-hydrogen) atoms. The van der Waals surface area contributed by atoms with E-state index in [1.54, 1.807) is 4.98 Å². The van der Waals surface area contributed by atoms with Crippen molar-refractivity contribution in [3.8, 4) is 5.88 Å². The van der Waals surface area contributed by atoms with E-state index in [-0.39, 0.29) is 3.57 Å². The van der Waals surface area contributed by atoms with E-state index in [0.717, 1.165) is 0 Å². The van der Waals surface area contributed by atoms with Crippen molar-refractivity contribution in [2.24, 2.45) is 0 Å². The minimum atomic E-state index is -5.05. The molecule has 0 unspecified atom stereocenters. The first kappa shape index (κ1) is 14.6. The van der Waals surface area contributed by atoms with Crippen LogP contribution < -0.4 is 10.2 Å². The highest BCUT2D eigenvalue weighted by Crippen LogP contribution is 2.23. The van der Waals surface area contributed by atoms with Crippen LogP contribution in [0.15, 0.2) is 15.9 Å². The summed E-state index contributed by atoms with van der Waals surface area (Å²) in [5.41, 5.74) is -0.956. The molecule has 1 N–H and O–H groups in total. The molecule has 1 heterocycles. The quantitative estimate of drug-likeness (QED) is 0.604. The van der Waals surface area contributed by atoms with Gasteiger partial charge < -0.3 is 9.72 Å². The summed E-state index contributed by atoms with van der Waals surface area (Å²) in [4.78, 5) is 13.0. The third kappa shape index (κ3) is 4.03. The van der Waals surface area contributed by atoms with Crippen molar-refractivity contribution in [3.63, 3.8) is 0 Å². The smallest absolute Gasteiger partial charge is 0.390 e. The number of H-pyrrole nitrogens is 1. The van der Waals surface area contributed by atoms with Crippen LogP contribution in [0.3, 0.4) is 0 Å². The van der Waals surface area contributed by atoms with Gasteiger partial charge in [0.2, 0.25) is 5.88 Å². The molecule has 11 heteroatoms. The van der Waals surface area contributed by atoms with Crippen LogP contribution in [0.5, 0.6) is 5.88 Å². The Morgan fingerprint density at radius 3 is 2.35 bits per heavy atom. The molecule has 0 aliphatic rings. The molecule has 96 valence electrons. The van der Waals surface area contributed by atoms with E-state index in [2.05, 4.69) is 4.74 Å². The fraction of sp³-hybridized carbons (Fsp3) is 0.167. The Hall–Kier alpha value is -0.490. The van der Waals surface area contributed by atoms with E-state index in [9.17, 15) is 26.4 Å². The van der Waals surface area contributed by atoms with Crippen LogP contribution in [0.1, 0.15) is 0 Å². The standard InChI is InChI=1S/C6H2ClF3INO4S/c7-17(14,15)5-4(11)2(13)1-3(12-5)16-6(8,9)10/h1H,(H,12,13). The van der Waals surface area contributed by atoms with Crippen molar-refractivity contribution in [1.82, 2.24) is 4.98 Å². The maximum absolute atomic E-state index is 11.9. The molecule has 0 spiro atoms. The second kappa shape index (κ2) is 4.65. The molecule has 0 fully saturated rings. The zero-order chi connectivity index (χ0) is 13.4. The largest absolute Gasteiger partial charge is 0.574 e. The lowest BCUT2D eigenvalue weighted by Crippen LogP contribution is -2.21. The van der Waals surface area contributed by atoms with E-state index in [1.807, 2.05) is 0 Å². The van der Waals surface area contributed by atoms with Crippen LogP contribution in [0.2, 0.25) is 0 Å². The van der Waals surface area contributed by atoms with E-state index in [0.29, 0.717) is 6.07 Å².